The molecule has 1 aliphatic rings. The topological polar surface area (TPSA) is 29.1 Å². The van der Waals surface area contributed by atoms with E-state index in [-0.39, 0.29) is 16.7 Å². The van der Waals surface area contributed by atoms with E-state index >= 15 is 0 Å². The Hall–Kier alpha value is -1.31. The van der Waals surface area contributed by atoms with Gasteiger partial charge < -0.3 is 5.32 Å². The van der Waals surface area contributed by atoms with E-state index in [1.165, 1.54) is 5.56 Å². The molecule has 1 saturated carbocycles. The molecular weight excluding hydrogens is 246 g/mol. The summed E-state index contributed by atoms with van der Waals surface area (Å²) in [6.07, 6.45) is 5.23. The fourth-order valence-electron chi connectivity index (χ4n) is 3.04. The molecule has 2 nitrogen and oxygen atoms in total. The number of rotatable bonds is 7. The van der Waals surface area contributed by atoms with Crippen molar-refractivity contribution in [1.29, 1.82) is 0 Å². The lowest BCUT2D eigenvalue weighted by Crippen LogP contribution is -2.36. The van der Waals surface area contributed by atoms with E-state index in [4.69, 9.17) is 0 Å². The third-order valence-corrected chi connectivity index (χ3v) is 4.49. The highest BCUT2D eigenvalue weighted by Gasteiger charge is 2.52. The maximum atomic E-state index is 12.4. The number of hydrogen-bond donors (Lipinski definition) is 1. The van der Waals surface area contributed by atoms with Gasteiger partial charge in [-0.05, 0) is 36.7 Å². The Labute approximate surface area is 123 Å². The van der Waals surface area contributed by atoms with Crippen LogP contribution in [0.3, 0.4) is 0 Å². The summed E-state index contributed by atoms with van der Waals surface area (Å²) in [6, 6.07) is 10.6. The van der Waals surface area contributed by atoms with Gasteiger partial charge in [-0.1, -0.05) is 57.5 Å². The SMILES string of the molecule is CCCCNC(=O)C1(CC(C)(C)c2ccccc2)CC1. The van der Waals surface area contributed by atoms with E-state index < -0.39 is 0 Å². The van der Waals surface area contributed by atoms with Gasteiger partial charge in [0.2, 0.25) is 5.91 Å². The van der Waals surface area contributed by atoms with Gasteiger partial charge in [0.15, 0.2) is 0 Å². The third kappa shape index (κ3) is 3.41. The minimum Gasteiger partial charge on any atom is -0.356 e. The van der Waals surface area contributed by atoms with Crippen LogP contribution in [0.5, 0.6) is 0 Å². The maximum absolute atomic E-state index is 12.4. The lowest BCUT2D eigenvalue weighted by Gasteiger charge is -2.30. The summed E-state index contributed by atoms with van der Waals surface area (Å²) in [7, 11) is 0. The summed E-state index contributed by atoms with van der Waals surface area (Å²) in [5.74, 6) is 0.273. The second-order valence-corrected chi connectivity index (χ2v) is 6.82. The first kappa shape index (κ1) is 15.1. The Kier molecular flexibility index (Phi) is 4.52. The summed E-state index contributed by atoms with van der Waals surface area (Å²) in [5.41, 5.74) is 1.28. The standard InChI is InChI=1S/C18H27NO/c1-4-5-13-19-16(20)18(11-12-18)14-17(2,3)15-9-7-6-8-10-15/h6-10H,4-5,11-14H2,1-3H3,(H,19,20). The number of nitrogens with one attached hydrogen (secondary N) is 1. The largest absolute Gasteiger partial charge is 0.356 e. The first-order valence-electron chi connectivity index (χ1n) is 7.84. The van der Waals surface area contributed by atoms with Crippen LogP contribution in [0.15, 0.2) is 30.3 Å². The molecule has 0 spiro atoms. The lowest BCUT2D eigenvalue weighted by atomic mass is 9.75. The first-order chi connectivity index (χ1) is 9.50. The summed E-state index contributed by atoms with van der Waals surface area (Å²) in [6.45, 7) is 7.48. The Balaban J connectivity index is 1.99. The lowest BCUT2D eigenvalue weighted by molar-refractivity contribution is -0.127. The summed E-state index contributed by atoms with van der Waals surface area (Å²) in [5, 5.41) is 3.12. The first-order valence-corrected chi connectivity index (χ1v) is 7.84. The van der Waals surface area contributed by atoms with Gasteiger partial charge in [-0.25, -0.2) is 0 Å². The zero-order valence-electron chi connectivity index (χ0n) is 13.0. The van der Waals surface area contributed by atoms with Crippen LogP contribution >= 0.6 is 0 Å². The molecule has 0 aliphatic heterocycles. The molecule has 20 heavy (non-hydrogen) atoms. The predicted octanol–water partition coefficient (Wildman–Crippen LogP) is 4.05. The van der Waals surface area contributed by atoms with Gasteiger partial charge in [0.1, 0.15) is 0 Å². The normalized spacial score (nSPS) is 16.8. The molecular formula is C18H27NO. The van der Waals surface area contributed by atoms with Crippen molar-refractivity contribution in [2.24, 2.45) is 5.41 Å². The number of carbonyl (C=O) groups excluding carboxylic acids is 1. The number of carbonyl (C=O) groups is 1. The Morgan fingerprint density at radius 2 is 1.90 bits per heavy atom. The molecule has 0 unspecified atom stereocenters. The molecule has 0 saturated heterocycles. The van der Waals surface area contributed by atoms with Crippen LogP contribution in [0.25, 0.3) is 0 Å². The highest BCUT2D eigenvalue weighted by molar-refractivity contribution is 5.85. The number of amides is 1. The second kappa shape index (κ2) is 5.99. The van der Waals surface area contributed by atoms with Crippen molar-refractivity contribution < 1.29 is 4.79 Å². The molecule has 0 atom stereocenters. The van der Waals surface area contributed by atoms with Crippen molar-refractivity contribution in [3.63, 3.8) is 0 Å². The maximum Gasteiger partial charge on any atom is 0.226 e. The van der Waals surface area contributed by atoms with Crippen LogP contribution in [0.4, 0.5) is 0 Å². The summed E-state index contributed by atoms with van der Waals surface area (Å²) >= 11 is 0. The second-order valence-electron chi connectivity index (χ2n) is 6.82. The number of hydrogen-bond acceptors (Lipinski definition) is 1. The van der Waals surface area contributed by atoms with Crippen molar-refractivity contribution in [3.8, 4) is 0 Å². The molecule has 1 amide bonds. The molecule has 1 aromatic rings. The van der Waals surface area contributed by atoms with Crippen LogP contribution < -0.4 is 5.32 Å². The Bertz CT molecular complexity index is 446. The number of unbranched alkanes of at least 4 members (excludes halogenated alkanes) is 1. The molecule has 0 aromatic heterocycles. The van der Waals surface area contributed by atoms with Crippen LogP contribution in [0, 0.1) is 5.41 Å². The number of benzene rings is 1. The summed E-state index contributed by atoms with van der Waals surface area (Å²) < 4.78 is 0. The van der Waals surface area contributed by atoms with E-state index in [1.807, 2.05) is 6.07 Å². The van der Waals surface area contributed by atoms with Gasteiger partial charge >= 0.3 is 0 Å². The van der Waals surface area contributed by atoms with Gasteiger partial charge in [-0.15, -0.1) is 0 Å². The summed E-state index contributed by atoms with van der Waals surface area (Å²) in [4.78, 5) is 12.4. The minimum atomic E-state index is -0.104. The van der Waals surface area contributed by atoms with Gasteiger partial charge in [0.25, 0.3) is 0 Å². The Morgan fingerprint density at radius 1 is 1.25 bits per heavy atom. The molecule has 1 aliphatic carbocycles. The van der Waals surface area contributed by atoms with Gasteiger partial charge in [-0.2, -0.15) is 0 Å². The molecule has 0 radical (unpaired) electrons. The van der Waals surface area contributed by atoms with Gasteiger partial charge in [-0.3, -0.25) is 4.79 Å². The smallest absolute Gasteiger partial charge is 0.226 e. The molecule has 1 N–H and O–H groups in total. The van der Waals surface area contributed by atoms with Crippen molar-refractivity contribution >= 4 is 5.91 Å². The van der Waals surface area contributed by atoms with Crippen LogP contribution in [-0.4, -0.2) is 12.5 Å². The fourth-order valence-corrected chi connectivity index (χ4v) is 3.04. The fraction of sp³-hybridized carbons (Fsp3) is 0.611. The van der Waals surface area contributed by atoms with Crippen molar-refractivity contribution in [2.45, 2.75) is 58.3 Å². The zero-order chi connectivity index (χ0) is 14.6. The predicted molar refractivity (Wildman–Crippen MR) is 83.7 cm³/mol. The quantitative estimate of drug-likeness (QED) is 0.746. The zero-order valence-corrected chi connectivity index (χ0v) is 13.0. The molecule has 2 rings (SSSR count). The monoisotopic (exact) mass is 273 g/mol. The van der Waals surface area contributed by atoms with Crippen LogP contribution in [0.1, 0.15) is 58.4 Å². The van der Waals surface area contributed by atoms with E-state index in [0.29, 0.717) is 0 Å². The van der Waals surface area contributed by atoms with Gasteiger partial charge in [0, 0.05) is 6.54 Å². The highest BCUT2D eigenvalue weighted by Crippen LogP contribution is 2.54. The molecule has 2 heteroatoms. The molecule has 0 bridgehead atoms. The molecule has 110 valence electrons. The third-order valence-electron chi connectivity index (χ3n) is 4.49. The molecule has 0 heterocycles. The highest BCUT2D eigenvalue weighted by atomic mass is 16.2. The van der Waals surface area contributed by atoms with Gasteiger partial charge in [0.05, 0.1) is 5.41 Å². The van der Waals surface area contributed by atoms with E-state index in [2.05, 4.69) is 50.4 Å². The van der Waals surface area contributed by atoms with Crippen LogP contribution in [-0.2, 0) is 10.2 Å². The van der Waals surface area contributed by atoms with E-state index in [0.717, 1.165) is 38.6 Å². The van der Waals surface area contributed by atoms with Crippen LogP contribution in [0.2, 0.25) is 0 Å². The molecule has 1 fully saturated rings. The van der Waals surface area contributed by atoms with Crippen molar-refractivity contribution in [3.05, 3.63) is 35.9 Å². The average Bonchev–Trinajstić information content (AvgIpc) is 3.20. The Morgan fingerprint density at radius 3 is 2.45 bits per heavy atom. The van der Waals surface area contributed by atoms with E-state index in [9.17, 15) is 4.79 Å². The molecule has 1 aromatic carbocycles. The van der Waals surface area contributed by atoms with Crippen molar-refractivity contribution in [1.82, 2.24) is 5.32 Å². The minimum absolute atomic E-state index is 0.0554. The average molecular weight is 273 g/mol. The van der Waals surface area contributed by atoms with E-state index in [1.54, 1.807) is 0 Å². The van der Waals surface area contributed by atoms with Crippen molar-refractivity contribution in [2.75, 3.05) is 6.54 Å².